The van der Waals surface area contributed by atoms with E-state index in [0.29, 0.717) is 17.1 Å². The molecule has 32 heavy (non-hydrogen) atoms. The van der Waals surface area contributed by atoms with E-state index in [4.69, 9.17) is 25.1 Å². The lowest BCUT2D eigenvalue weighted by atomic mass is 9.83. The van der Waals surface area contributed by atoms with Crippen LogP contribution in [0.2, 0.25) is 0 Å². The van der Waals surface area contributed by atoms with Gasteiger partial charge in [-0.1, -0.05) is 17.8 Å². The van der Waals surface area contributed by atoms with Crippen molar-refractivity contribution in [1.29, 1.82) is 5.26 Å². The predicted molar refractivity (Wildman–Crippen MR) is 113 cm³/mol. The van der Waals surface area contributed by atoms with Gasteiger partial charge in [0.15, 0.2) is 11.5 Å². The van der Waals surface area contributed by atoms with Gasteiger partial charge in [0.1, 0.15) is 11.1 Å². The van der Waals surface area contributed by atoms with Crippen molar-refractivity contribution in [3.63, 3.8) is 0 Å². The number of amides is 1. The Balaban J connectivity index is 2.24. The minimum Gasteiger partial charge on any atom is -0.493 e. The molecule has 1 aromatic rings. The molecule has 1 fully saturated rings. The van der Waals surface area contributed by atoms with Gasteiger partial charge in [-0.3, -0.25) is 14.5 Å². The van der Waals surface area contributed by atoms with E-state index in [2.05, 4.69) is 6.07 Å². The zero-order chi connectivity index (χ0) is 23.6. The number of fused-ring (bicyclic) bond motifs is 1. The molecular formula is C21H21N3O7S. The first kappa shape index (κ1) is 23.0. The van der Waals surface area contributed by atoms with Crippen LogP contribution in [-0.2, 0) is 19.1 Å². The van der Waals surface area contributed by atoms with E-state index >= 15 is 0 Å². The summed E-state index contributed by atoms with van der Waals surface area (Å²) in [5.74, 6) is -2.88. The second-order valence-corrected chi connectivity index (χ2v) is 7.97. The molecule has 10 nitrogen and oxygen atoms in total. The highest BCUT2D eigenvalue weighted by atomic mass is 32.2. The van der Waals surface area contributed by atoms with Gasteiger partial charge in [-0.2, -0.15) is 5.26 Å². The number of aliphatic carboxylic acids is 1. The van der Waals surface area contributed by atoms with E-state index in [1.807, 2.05) is 0 Å². The molecule has 2 atom stereocenters. The third-order valence-corrected chi connectivity index (χ3v) is 6.27. The molecule has 3 rings (SSSR count). The number of rotatable bonds is 7. The zero-order valence-corrected chi connectivity index (χ0v) is 18.4. The van der Waals surface area contributed by atoms with Crippen molar-refractivity contribution in [2.24, 2.45) is 5.73 Å². The quantitative estimate of drug-likeness (QED) is 0.576. The molecule has 0 aromatic heterocycles. The van der Waals surface area contributed by atoms with Gasteiger partial charge >= 0.3 is 11.9 Å². The van der Waals surface area contributed by atoms with Crippen LogP contribution in [-0.4, -0.2) is 53.9 Å². The smallest absolute Gasteiger partial charge is 0.338 e. The molecule has 0 spiro atoms. The van der Waals surface area contributed by atoms with Crippen LogP contribution in [0, 0.1) is 11.3 Å². The van der Waals surface area contributed by atoms with Crippen LogP contribution in [0.3, 0.4) is 0 Å². The number of allylic oxidation sites excluding steroid dienone is 1. The summed E-state index contributed by atoms with van der Waals surface area (Å²) in [6, 6.07) is 6.97. The fourth-order valence-electron chi connectivity index (χ4n) is 3.63. The fourth-order valence-corrected chi connectivity index (χ4v) is 4.91. The fraction of sp³-hybridized carbons (Fsp3) is 0.333. The summed E-state index contributed by atoms with van der Waals surface area (Å²) in [7, 11) is 2.93. The lowest BCUT2D eigenvalue weighted by Crippen LogP contribution is -2.39. The van der Waals surface area contributed by atoms with Crippen LogP contribution in [0.5, 0.6) is 11.5 Å². The second-order valence-electron chi connectivity index (χ2n) is 6.78. The molecule has 168 valence electrons. The highest BCUT2D eigenvalue weighted by Crippen LogP contribution is 2.50. The van der Waals surface area contributed by atoms with Crippen LogP contribution in [0.15, 0.2) is 40.2 Å². The Kier molecular flexibility index (Phi) is 6.64. The van der Waals surface area contributed by atoms with E-state index in [9.17, 15) is 19.6 Å². The van der Waals surface area contributed by atoms with Crippen molar-refractivity contribution in [2.75, 3.05) is 20.8 Å². The van der Waals surface area contributed by atoms with Gasteiger partial charge in [-0.25, -0.2) is 4.79 Å². The van der Waals surface area contributed by atoms with Crippen molar-refractivity contribution < 1.29 is 33.7 Å². The highest BCUT2D eigenvalue weighted by molar-refractivity contribution is 8.04. The largest absolute Gasteiger partial charge is 0.493 e. The number of carboxylic acids is 1. The second kappa shape index (κ2) is 9.23. The molecule has 1 saturated heterocycles. The average Bonchev–Trinajstić information content (AvgIpc) is 3.08. The Bertz CT molecular complexity index is 1090. The van der Waals surface area contributed by atoms with Gasteiger partial charge in [0.25, 0.3) is 0 Å². The Morgan fingerprint density at radius 2 is 1.97 bits per heavy atom. The van der Waals surface area contributed by atoms with Crippen molar-refractivity contribution in [3.05, 3.63) is 45.8 Å². The van der Waals surface area contributed by atoms with Gasteiger partial charge in [-0.05, 0) is 24.6 Å². The van der Waals surface area contributed by atoms with E-state index in [-0.39, 0.29) is 28.6 Å². The summed E-state index contributed by atoms with van der Waals surface area (Å²) >= 11 is 0.941. The molecule has 2 heterocycles. The normalized spacial score (nSPS) is 20.1. The Labute approximate surface area is 188 Å². The van der Waals surface area contributed by atoms with E-state index in [1.165, 1.54) is 14.2 Å². The maximum atomic E-state index is 12.9. The maximum Gasteiger partial charge on any atom is 0.338 e. The molecule has 0 saturated carbocycles. The number of ether oxygens (including phenoxy) is 3. The lowest BCUT2D eigenvalue weighted by molar-refractivity contribution is -0.140. The SMILES string of the molecule is CCOC(=O)C1=C(N)N2C(=O)C(CC(=O)O)SC2=C(C#N)C1c1ccc(OC)c(OC)c1. The predicted octanol–water partition coefficient (Wildman–Crippen LogP) is 1.69. The molecule has 0 aliphatic carbocycles. The number of carbonyl (C=O) groups excluding carboxylic acids is 2. The number of carboxylic acid groups (broad SMARTS) is 1. The van der Waals surface area contributed by atoms with Crippen LogP contribution in [0.4, 0.5) is 0 Å². The number of thioether (sulfide) groups is 1. The van der Waals surface area contributed by atoms with Gasteiger partial charge in [0.2, 0.25) is 5.91 Å². The van der Waals surface area contributed by atoms with Crippen LogP contribution < -0.4 is 15.2 Å². The van der Waals surface area contributed by atoms with Gasteiger partial charge in [-0.15, -0.1) is 0 Å². The topological polar surface area (TPSA) is 152 Å². The average molecular weight is 459 g/mol. The summed E-state index contributed by atoms with van der Waals surface area (Å²) in [6.45, 7) is 1.67. The molecular weight excluding hydrogens is 438 g/mol. The van der Waals surface area contributed by atoms with Crippen molar-refractivity contribution in [1.82, 2.24) is 4.90 Å². The Morgan fingerprint density at radius 3 is 2.53 bits per heavy atom. The lowest BCUT2D eigenvalue weighted by Gasteiger charge is -2.31. The van der Waals surface area contributed by atoms with E-state index < -0.39 is 35.4 Å². The molecule has 0 bridgehead atoms. The molecule has 2 unspecified atom stereocenters. The van der Waals surface area contributed by atoms with Crippen LogP contribution in [0.1, 0.15) is 24.8 Å². The zero-order valence-electron chi connectivity index (χ0n) is 17.6. The third kappa shape index (κ3) is 3.85. The number of nitrogens with zero attached hydrogens (tertiary/aromatic N) is 2. The van der Waals surface area contributed by atoms with Gasteiger partial charge in [0.05, 0.1) is 55.4 Å². The molecule has 2 aliphatic heterocycles. The molecule has 1 amide bonds. The van der Waals surface area contributed by atoms with Crippen molar-refractivity contribution >= 4 is 29.6 Å². The number of carbonyl (C=O) groups is 3. The summed E-state index contributed by atoms with van der Waals surface area (Å²) in [4.78, 5) is 38.0. The number of hydrogen-bond donors (Lipinski definition) is 2. The number of benzene rings is 1. The number of hydrogen-bond acceptors (Lipinski definition) is 9. The number of nitriles is 1. The molecule has 3 N–H and O–H groups in total. The van der Waals surface area contributed by atoms with Crippen LogP contribution >= 0.6 is 11.8 Å². The standard InChI is InChI=1S/C21H21N3O7S/c1-4-31-21(28)17-16(10-5-6-12(29-2)13(7-10)30-3)11(9-22)20-24(18(17)23)19(27)14(32-20)8-15(25)26/h5-7,14,16H,4,8,23H2,1-3H3,(H,25,26). The molecule has 2 aliphatic rings. The van der Waals surface area contributed by atoms with Crippen molar-refractivity contribution in [3.8, 4) is 17.6 Å². The monoisotopic (exact) mass is 459 g/mol. The van der Waals surface area contributed by atoms with Crippen LogP contribution in [0.25, 0.3) is 0 Å². The summed E-state index contributed by atoms with van der Waals surface area (Å²) in [5.41, 5.74) is 6.77. The number of nitrogens with two attached hydrogens (primary N) is 1. The first-order valence-electron chi connectivity index (χ1n) is 9.54. The van der Waals surface area contributed by atoms with Gasteiger partial charge in [0, 0.05) is 0 Å². The van der Waals surface area contributed by atoms with Gasteiger partial charge < -0.3 is 25.1 Å². The Hall–Kier alpha value is -3.65. The number of esters is 1. The first-order chi connectivity index (χ1) is 15.3. The number of methoxy groups -OCH3 is 2. The minimum absolute atomic E-state index is 0.0526. The first-order valence-corrected chi connectivity index (χ1v) is 10.4. The third-order valence-electron chi connectivity index (χ3n) is 4.99. The summed E-state index contributed by atoms with van der Waals surface area (Å²) in [6.07, 6.45) is -0.453. The van der Waals surface area contributed by atoms with E-state index in [0.717, 1.165) is 16.7 Å². The molecule has 1 aromatic carbocycles. The maximum absolute atomic E-state index is 12.9. The van der Waals surface area contributed by atoms with Crippen molar-refractivity contribution in [2.45, 2.75) is 24.5 Å². The highest BCUT2D eigenvalue weighted by Gasteiger charge is 2.48. The summed E-state index contributed by atoms with van der Waals surface area (Å²) < 4.78 is 15.8. The Morgan fingerprint density at radius 1 is 1.28 bits per heavy atom. The molecule has 0 radical (unpaired) electrons. The van der Waals surface area contributed by atoms with E-state index in [1.54, 1.807) is 25.1 Å². The minimum atomic E-state index is -1.17. The summed E-state index contributed by atoms with van der Waals surface area (Å²) in [5, 5.41) is 18.4. The molecule has 11 heteroatoms.